The van der Waals surface area contributed by atoms with Crippen molar-refractivity contribution in [3.8, 4) is 0 Å². The maximum atomic E-state index is 11.6. The minimum Gasteiger partial charge on any atom is -0.462 e. The van der Waals surface area contributed by atoms with Gasteiger partial charge in [-0.1, -0.05) is 51.9 Å². The van der Waals surface area contributed by atoms with Crippen molar-refractivity contribution in [3.05, 3.63) is 0 Å². The van der Waals surface area contributed by atoms with Crippen molar-refractivity contribution in [2.75, 3.05) is 0 Å². The number of hydrogen-bond donors (Lipinski definition) is 0. The molecule has 0 unspecified atom stereocenters. The van der Waals surface area contributed by atoms with E-state index in [0.29, 0.717) is 12.3 Å². The average Bonchev–Trinajstić information content (AvgIpc) is 2.30. The number of rotatable bonds is 0. The van der Waals surface area contributed by atoms with Gasteiger partial charge in [0.2, 0.25) is 0 Å². The predicted molar refractivity (Wildman–Crippen MR) is 70.9 cm³/mol. The molecule has 1 aliphatic heterocycles. The summed E-state index contributed by atoms with van der Waals surface area (Å²) >= 11 is 0. The fraction of sp³-hybridized carbons (Fsp3) is 0.933. The van der Waals surface area contributed by atoms with Crippen LogP contribution in [-0.2, 0) is 9.53 Å². The third-order valence-electron chi connectivity index (χ3n) is 3.91. The van der Waals surface area contributed by atoms with Crippen molar-refractivity contribution >= 4 is 5.97 Å². The van der Waals surface area contributed by atoms with Crippen molar-refractivity contribution in [1.82, 2.24) is 0 Å². The molecule has 0 bridgehead atoms. The summed E-state index contributed by atoms with van der Waals surface area (Å²) in [5.41, 5.74) is 0. The van der Waals surface area contributed by atoms with Crippen molar-refractivity contribution in [2.24, 2.45) is 5.92 Å². The van der Waals surface area contributed by atoms with E-state index in [-0.39, 0.29) is 12.1 Å². The molecule has 0 N–H and O–H groups in total. The highest BCUT2D eigenvalue weighted by atomic mass is 16.5. The molecule has 1 saturated heterocycles. The molecule has 1 rings (SSSR count). The summed E-state index contributed by atoms with van der Waals surface area (Å²) in [6, 6.07) is 0. The largest absolute Gasteiger partial charge is 0.462 e. The van der Waals surface area contributed by atoms with Gasteiger partial charge in [-0.05, 0) is 25.7 Å². The quantitative estimate of drug-likeness (QED) is 0.584. The molecule has 0 aliphatic carbocycles. The summed E-state index contributed by atoms with van der Waals surface area (Å²) in [4.78, 5) is 11.6. The van der Waals surface area contributed by atoms with Gasteiger partial charge in [-0.25, -0.2) is 0 Å². The van der Waals surface area contributed by atoms with Crippen LogP contribution in [0.1, 0.15) is 78.1 Å². The van der Waals surface area contributed by atoms with E-state index in [4.69, 9.17) is 4.74 Å². The standard InChI is InChI=1S/C15H28O2/c1-13-11-9-7-5-3-4-6-8-10-12-15(16)17-14(13)2/h13-14H,3-12H2,1-2H3/t13-,14+/m1/s1. The third-order valence-corrected chi connectivity index (χ3v) is 3.91. The van der Waals surface area contributed by atoms with E-state index in [0.717, 1.165) is 6.42 Å². The topological polar surface area (TPSA) is 26.3 Å². The molecule has 2 nitrogen and oxygen atoms in total. The maximum absolute atomic E-state index is 11.6. The second kappa shape index (κ2) is 8.54. The van der Waals surface area contributed by atoms with Gasteiger partial charge in [-0.15, -0.1) is 0 Å². The van der Waals surface area contributed by atoms with Gasteiger partial charge >= 0.3 is 5.97 Å². The molecule has 1 fully saturated rings. The Morgan fingerprint density at radius 2 is 1.41 bits per heavy atom. The van der Waals surface area contributed by atoms with Crippen LogP contribution in [0, 0.1) is 5.92 Å². The number of ether oxygens (including phenoxy) is 1. The maximum Gasteiger partial charge on any atom is 0.306 e. The molecule has 0 aromatic carbocycles. The fourth-order valence-electron chi connectivity index (χ4n) is 2.41. The van der Waals surface area contributed by atoms with E-state index in [9.17, 15) is 4.79 Å². The van der Waals surface area contributed by atoms with Gasteiger partial charge < -0.3 is 4.74 Å². The first-order chi connectivity index (χ1) is 8.20. The molecule has 17 heavy (non-hydrogen) atoms. The number of esters is 1. The van der Waals surface area contributed by atoms with Crippen LogP contribution in [0.3, 0.4) is 0 Å². The van der Waals surface area contributed by atoms with Gasteiger partial charge in [0.1, 0.15) is 6.10 Å². The monoisotopic (exact) mass is 240 g/mol. The summed E-state index contributed by atoms with van der Waals surface area (Å²) in [6.45, 7) is 4.23. The first-order valence-corrected chi connectivity index (χ1v) is 7.39. The molecule has 2 heteroatoms. The van der Waals surface area contributed by atoms with E-state index >= 15 is 0 Å². The minimum atomic E-state index is 0.00131. The van der Waals surface area contributed by atoms with Crippen molar-refractivity contribution in [1.29, 1.82) is 0 Å². The average molecular weight is 240 g/mol. The molecular weight excluding hydrogens is 212 g/mol. The molecule has 0 aromatic heterocycles. The van der Waals surface area contributed by atoms with Crippen LogP contribution in [-0.4, -0.2) is 12.1 Å². The lowest BCUT2D eigenvalue weighted by Crippen LogP contribution is -2.22. The molecular formula is C15H28O2. The Hall–Kier alpha value is -0.530. The van der Waals surface area contributed by atoms with Crippen molar-refractivity contribution in [2.45, 2.75) is 84.2 Å². The Kier molecular flexibility index (Phi) is 7.30. The zero-order valence-electron chi connectivity index (χ0n) is 11.5. The lowest BCUT2D eigenvalue weighted by molar-refractivity contribution is -0.150. The van der Waals surface area contributed by atoms with Gasteiger partial charge in [0.15, 0.2) is 0 Å². The number of carbonyl (C=O) groups is 1. The lowest BCUT2D eigenvalue weighted by atomic mass is 9.97. The SMILES string of the molecule is C[C@@H]1CCCCCCCCCCC(=O)O[C@H]1C. The normalized spacial score (nSPS) is 30.4. The van der Waals surface area contributed by atoms with Crippen LogP contribution in [0.25, 0.3) is 0 Å². The van der Waals surface area contributed by atoms with Crippen molar-refractivity contribution < 1.29 is 9.53 Å². The van der Waals surface area contributed by atoms with Gasteiger partial charge in [-0.3, -0.25) is 4.79 Å². The van der Waals surface area contributed by atoms with E-state index in [2.05, 4.69) is 6.92 Å². The summed E-state index contributed by atoms with van der Waals surface area (Å²) in [7, 11) is 0. The number of carbonyl (C=O) groups excluding carboxylic acids is 1. The zero-order chi connectivity index (χ0) is 12.5. The minimum absolute atomic E-state index is 0.00131. The lowest BCUT2D eigenvalue weighted by Gasteiger charge is -2.20. The highest BCUT2D eigenvalue weighted by Gasteiger charge is 2.16. The van der Waals surface area contributed by atoms with Gasteiger partial charge in [0, 0.05) is 6.42 Å². The predicted octanol–water partition coefficient (Wildman–Crippen LogP) is 4.47. The summed E-state index contributed by atoms with van der Waals surface area (Å²) in [6.07, 6.45) is 12.0. The molecule has 0 saturated carbocycles. The first kappa shape index (κ1) is 14.5. The van der Waals surface area contributed by atoms with E-state index in [1.807, 2.05) is 6.92 Å². The van der Waals surface area contributed by atoms with Gasteiger partial charge in [0.05, 0.1) is 0 Å². The Labute approximate surface area is 106 Å². The smallest absolute Gasteiger partial charge is 0.306 e. The van der Waals surface area contributed by atoms with Crippen LogP contribution in [0.15, 0.2) is 0 Å². The summed E-state index contributed by atoms with van der Waals surface area (Å²) in [5.74, 6) is 0.503. The second-order valence-electron chi connectivity index (χ2n) is 5.54. The highest BCUT2D eigenvalue weighted by Crippen LogP contribution is 2.19. The Balaban J connectivity index is 2.35. The summed E-state index contributed by atoms with van der Waals surface area (Å²) < 4.78 is 5.47. The van der Waals surface area contributed by atoms with Crippen LogP contribution in [0.5, 0.6) is 0 Å². The van der Waals surface area contributed by atoms with Crippen LogP contribution >= 0.6 is 0 Å². The molecule has 1 aliphatic rings. The summed E-state index contributed by atoms with van der Waals surface area (Å²) in [5, 5.41) is 0. The molecule has 0 spiro atoms. The Morgan fingerprint density at radius 1 is 0.882 bits per heavy atom. The van der Waals surface area contributed by atoms with Crippen LogP contribution in [0.4, 0.5) is 0 Å². The van der Waals surface area contributed by atoms with Gasteiger partial charge in [-0.2, -0.15) is 0 Å². The Morgan fingerprint density at radius 3 is 2.06 bits per heavy atom. The first-order valence-electron chi connectivity index (χ1n) is 7.39. The van der Waals surface area contributed by atoms with Crippen molar-refractivity contribution in [3.63, 3.8) is 0 Å². The third kappa shape index (κ3) is 6.70. The zero-order valence-corrected chi connectivity index (χ0v) is 11.5. The molecule has 100 valence electrons. The molecule has 2 atom stereocenters. The van der Waals surface area contributed by atoms with E-state index in [1.54, 1.807) is 0 Å². The van der Waals surface area contributed by atoms with Crippen LogP contribution < -0.4 is 0 Å². The van der Waals surface area contributed by atoms with Gasteiger partial charge in [0.25, 0.3) is 0 Å². The Bertz CT molecular complexity index is 213. The highest BCUT2D eigenvalue weighted by molar-refractivity contribution is 5.69. The molecule has 0 amide bonds. The van der Waals surface area contributed by atoms with E-state index < -0.39 is 0 Å². The van der Waals surface area contributed by atoms with Crippen LogP contribution in [0.2, 0.25) is 0 Å². The molecule has 0 aromatic rings. The van der Waals surface area contributed by atoms with E-state index in [1.165, 1.54) is 51.4 Å². The number of cyclic esters (lactones) is 1. The molecule has 0 radical (unpaired) electrons. The number of hydrogen-bond acceptors (Lipinski definition) is 2. The fourth-order valence-corrected chi connectivity index (χ4v) is 2.41. The second-order valence-corrected chi connectivity index (χ2v) is 5.54. The molecule has 1 heterocycles.